The van der Waals surface area contributed by atoms with Crippen molar-refractivity contribution in [2.75, 3.05) is 21.6 Å². The van der Waals surface area contributed by atoms with Gasteiger partial charge in [0.25, 0.3) is 0 Å². The van der Waals surface area contributed by atoms with Crippen LogP contribution >= 0.6 is 11.8 Å². The average molecular weight is 414 g/mol. The highest BCUT2D eigenvalue weighted by Crippen LogP contribution is 2.28. The summed E-state index contributed by atoms with van der Waals surface area (Å²) in [5.41, 5.74) is 0.426. The number of halogens is 2. The Balaban J connectivity index is 2.34. The molecule has 0 aliphatic heterocycles. The molecule has 1 atom stereocenters. The zero-order chi connectivity index (χ0) is 20.2. The third-order valence-electron chi connectivity index (χ3n) is 3.69. The van der Waals surface area contributed by atoms with Gasteiger partial charge < -0.3 is 5.32 Å². The van der Waals surface area contributed by atoms with Crippen LogP contribution in [0.2, 0.25) is 0 Å². The van der Waals surface area contributed by atoms with Crippen molar-refractivity contribution in [1.29, 1.82) is 0 Å². The Labute approximate surface area is 161 Å². The van der Waals surface area contributed by atoms with Crippen molar-refractivity contribution in [3.8, 4) is 0 Å². The summed E-state index contributed by atoms with van der Waals surface area (Å²) in [6.07, 6.45) is 0.902. The molecule has 0 aromatic heterocycles. The first-order chi connectivity index (χ1) is 12.6. The first kappa shape index (κ1) is 21.2. The van der Waals surface area contributed by atoms with Crippen LogP contribution in [0, 0.1) is 11.6 Å². The second kappa shape index (κ2) is 8.71. The molecule has 9 heteroatoms. The molecule has 2 rings (SSSR count). The molecular weight excluding hydrogens is 394 g/mol. The Morgan fingerprint density at radius 1 is 1.19 bits per heavy atom. The third kappa shape index (κ3) is 5.20. The van der Waals surface area contributed by atoms with Gasteiger partial charge in [-0.05, 0) is 36.9 Å². The van der Waals surface area contributed by atoms with Crippen LogP contribution in [0.15, 0.2) is 47.4 Å². The molecule has 0 spiro atoms. The lowest BCUT2D eigenvalue weighted by Gasteiger charge is -2.28. The molecule has 0 fully saturated rings. The Hall–Kier alpha value is -2.13. The molecule has 0 bridgehead atoms. The van der Waals surface area contributed by atoms with Crippen molar-refractivity contribution >= 4 is 39.1 Å². The Morgan fingerprint density at radius 2 is 1.85 bits per heavy atom. The van der Waals surface area contributed by atoms with Crippen molar-refractivity contribution in [2.45, 2.75) is 24.8 Å². The minimum Gasteiger partial charge on any atom is -0.323 e. The Morgan fingerprint density at radius 3 is 2.44 bits per heavy atom. The lowest BCUT2D eigenvalue weighted by Crippen LogP contribution is -2.45. The second-order valence-electron chi connectivity index (χ2n) is 5.75. The van der Waals surface area contributed by atoms with Gasteiger partial charge in [-0.25, -0.2) is 17.2 Å². The van der Waals surface area contributed by atoms with E-state index in [4.69, 9.17) is 0 Å². The second-order valence-corrected chi connectivity index (χ2v) is 8.92. The number of carbonyl (C=O) groups excluding carboxylic acids is 1. The van der Waals surface area contributed by atoms with Gasteiger partial charge in [0.15, 0.2) is 11.6 Å². The first-order valence-electron chi connectivity index (χ1n) is 8.12. The van der Waals surface area contributed by atoms with Crippen LogP contribution in [0.3, 0.4) is 0 Å². The van der Waals surface area contributed by atoms with E-state index in [1.165, 1.54) is 18.7 Å². The first-order valence-corrected chi connectivity index (χ1v) is 11.0. The number of hydrogen-bond acceptors (Lipinski definition) is 4. The maximum absolute atomic E-state index is 13.6. The van der Waals surface area contributed by atoms with Gasteiger partial charge >= 0.3 is 0 Å². The van der Waals surface area contributed by atoms with Gasteiger partial charge in [0.2, 0.25) is 15.9 Å². The van der Waals surface area contributed by atoms with Crippen molar-refractivity contribution in [1.82, 2.24) is 0 Å². The normalized spacial score (nSPS) is 12.5. The molecule has 0 heterocycles. The van der Waals surface area contributed by atoms with Crippen LogP contribution in [0.4, 0.5) is 20.2 Å². The van der Waals surface area contributed by atoms with E-state index in [0.29, 0.717) is 5.69 Å². The minimum absolute atomic E-state index is 0.129. The predicted octanol–water partition coefficient (Wildman–Crippen LogP) is 3.87. The van der Waals surface area contributed by atoms with Crippen LogP contribution < -0.4 is 9.62 Å². The van der Waals surface area contributed by atoms with Gasteiger partial charge in [-0.2, -0.15) is 0 Å². The van der Waals surface area contributed by atoms with Gasteiger partial charge in [-0.1, -0.05) is 19.1 Å². The summed E-state index contributed by atoms with van der Waals surface area (Å²) >= 11 is 1.53. The molecular formula is C18H20F2N2O3S2. The van der Waals surface area contributed by atoms with Gasteiger partial charge in [0.1, 0.15) is 6.04 Å². The van der Waals surface area contributed by atoms with Crippen LogP contribution in [-0.2, 0) is 14.8 Å². The van der Waals surface area contributed by atoms with Gasteiger partial charge in [0, 0.05) is 11.0 Å². The highest BCUT2D eigenvalue weighted by Gasteiger charge is 2.30. The fourth-order valence-electron chi connectivity index (χ4n) is 2.52. The van der Waals surface area contributed by atoms with Crippen LogP contribution in [0.1, 0.15) is 13.8 Å². The maximum atomic E-state index is 13.6. The van der Waals surface area contributed by atoms with Gasteiger partial charge in [-0.15, -0.1) is 11.8 Å². The Bertz CT molecular complexity index is 936. The van der Waals surface area contributed by atoms with E-state index in [1.807, 2.05) is 19.1 Å². The zero-order valence-corrected chi connectivity index (χ0v) is 16.7. The summed E-state index contributed by atoms with van der Waals surface area (Å²) in [7, 11) is -3.93. The standard InChI is InChI=1S/C18H20F2N2O3S2/c1-4-26-17-8-6-5-7-16(17)21-18(23)12(2)22(27(3,24)25)13-9-10-14(19)15(20)11-13/h5-12H,4H2,1-3H3,(H,21,23)/t12-/m1/s1. The minimum atomic E-state index is -3.93. The van der Waals surface area contributed by atoms with E-state index in [-0.39, 0.29) is 5.69 Å². The predicted molar refractivity (Wildman–Crippen MR) is 105 cm³/mol. The molecule has 1 N–H and O–H groups in total. The molecule has 0 saturated carbocycles. The van der Waals surface area contributed by atoms with Gasteiger partial charge in [-0.3, -0.25) is 9.10 Å². The highest BCUT2D eigenvalue weighted by atomic mass is 32.2. The lowest BCUT2D eigenvalue weighted by molar-refractivity contribution is -0.116. The zero-order valence-electron chi connectivity index (χ0n) is 15.1. The fourth-order valence-corrected chi connectivity index (χ4v) is 4.45. The number of rotatable bonds is 7. The summed E-state index contributed by atoms with van der Waals surface area (Å²) in [6, 6.07) is 8.66. The lowest BCUT2D eigenvalue weighted by atomic mass is 10.2. The summed E-state index contributed by atoms with van der Waals surface area (Å²) in [5.74, 6) is -2.09. The number of nitrogens with zero attached hydrogens (tertiary/aromatic N) is 1. The summed E-state index contributed by atoms with van der Waals surface area (Å²) in [4.78, 5) is 13.5. The van der Waals surface area contributed by atoms with E-state index in [2.05, 4.69) is 5.32 Å². The van der Waals surface area contributed by atoms with Gasteiger partial charge in [0.05, 0.1) is 17.6 Å². The molecule has 0 saturated heterocycles. The van der Waals surface area contributed by atoms with Crippen LogP contribution in [0.5, 0.6) is 0 Å². The van der Waals surface area contributed by atoms with E-state index in [9.17, 15) is 22.0 Å². The fraction of sp³-hybridized carbons (Fsp3) is 0.278. The number of anilines is 2. The third-order valence-corrected chi connectivity index (χ3v) is 5.89. The number of hydrogen-bond donors (Lipinski definition) is 1. The molecule has 0 aliphatic rings. The number of carbonyl (C=O) groups is 1. The van der Waals surface area contributed by atoms with Crippen molar-refractivity contribution in [2.24, 2.45) is 0 Å². The molecule has 2 aromatic carbocycles. The van der Waals surface area contributed by atoms with E-state index < -0.39 is 33.6 Å². The van der Waals surface area contributed by atoms with Crippen molar-refractivity contribution < 1.29 is 22.0 Å². The maximum Gasteiger partial charge on any atom is 0.248 e. The van der Waals surface area contributed by atoms with Crippen molar-refractivity contribution in [3.63, 3.8) is 0 Å². The number of nitrogens with one attached hydrogen (secondary N) is 1. The monoisotopic (exact) mass is 414 g/mol. The molecule has 0 unspecified atom stereocenters. The topological polar surface area (TPSA) is 66.5 Å². The smallest absolute Gasteiger partial charge is 0.248 e. The molecule has 5 nitrogen and oxygen atoms in total. The molecule has 2 aromatic rings. The number of benzene rings is 2. The largest absolute Gasteiger partial charge is 0.323 e. The number of para-hydroxylation sites is 1. The molecule has 146 valence electrons. The molecule has 0 aliphatic carbocycles. The van der Waals surface area contributed by atoms with E-state index in [1.54, 1.807) is 12.1 Å². The number of amides is 1. The molecule has 0 radical (unpaired) electrons. The Kier molecular flexibility index (Phi) is 6.83. The average Bonchev–Trinajstić information content (AvgIpc) is 2.59. The number of thioether (sulfide) groups is 1. The van der Waals surface area contributed by atoms with Crippen LogP contribution in [-0.4, -0.2) is 32.4 Å². The molecule has 1 amide bonds. The summed E-state index contributed by atoms with van der Waals surface area (Å²) < 4.78 is 52.0. The quantitative estimate of drug-likeness (QED) is 0.699. The van der Waals surface area contributed by atoms with E-state index in [0.717, 1.165) is 39.4 Å². The van der Waals surface area contributed by atoms with Crippen LogP contribution in [0.25, 0.3) is 0 Å². The molecule has 27 heavy (non-hydrogen) atoms. The highest BCUT2D eigenvalue weighted by molar-refractivity contribution is 7.99. The number of sulfonamides is 1. The summed E-state index contributed by atoms with van der Waals surface area (Å²) in [6.45, 7) is 3.35. The van der Waals surface area contributed by atoms with E-state index >= 15 is 0 Å². The summed E-state index contributed by atoms with van der Waals surface area (Å²) in [5, 5.41) is 2.71. The van der Waals surface area contributed by atoms with Crippen molar-refractivity contribution in [3.05, 3.63) is 54.1 Å². The SMILES string of the molecule is CCSc1ccccc1NC(=O)[C@@H](C)N(c1ccc(F)c(F)c1)S(C)(=O)=O.